The molecule has 1 atom stereocenters. The predicted octanol–water partition coefficient (Wildman–Crippen LogP) is 1.40. The Morgan fingerprint density at radius 2 is 2.23 bits per heavy atom. The first-order valence-corrected chi connectivity index (χ1v) is 8.88. The van der Waals surface area contributed by atoms with Gasteiger partial charge >= 0.3 is 0 Å². The summed E-state index contributed by atoms with van der Waals surface area (Å²) in [5.74, 6) is 0.709. The van der Waals surface area contributed by atoms with Gasteiger partial charge in [-0.1, -0.05) is 18.2 Å². The zero-order valence-corrected chi connectivity index (χ0v) is 14.8. The lowest BCUT2D eigenvalue weighted by molar-refractivity contribution is -0.135. The SMILES string of the molecule is O=C(CCCc1cn[nH]c1)N1CCOC[C@@](O)(COc2ccccc2)C1. The number of rotatable bonds is 7. The maximum absolute atomic E-state index is 12.5. The van der Waals surface area contributed by atoms with E-state index < -0.39 is 5.60 Å². The van der Waals surface area contributed by atoms with Gasteiger partial charge in [0, 0.05) is 19.2 Å². The fourth-order valence-electron chi connectivity index (χ4n) is 2.97. The van der Waals surface area contributed by atoms with Crippen LogP contribution in [0, 0.1) is 0 Å². The summed E-state index contributed by atoms with van der Waals surface area (Å²) in [5.41, 5.74) is -0.128. The second-order valence-corrected chi connectivity index (χ2v) is 6.65. The first kappa shape index (κ1) is 18.4. The van der Waals surface area contributed by atoms with Crippen LogP contribution in [0.5, 0.6) is 5.75 Å². The van der Waals surface area contributed by atoms with E-state index in [4.69, 9.17) is 9.47 Å². The lowest BCUT2D eigenvalue weighted by atomic mass is 10.1. The van der Waals surface area contributed by atoms with Gasteiger partial charge in [0.1, 0.15) is 18.0 Å². The molecule has 1 aliphatic heterocycles. The number of benzene rings is 1. The number of β-amino-alcohol motifs (C(OH)–C–C–N with tert-alkyl or cyclic N) is 1. The highest BCUT2D eigenvalue weighted by molar-refractivity contribution is 5.76. The molecule has 1 aromatic carbocycles. The number of hydrogen-bond acceptors (Lipinski definition) is 5. The monoisotopic (exact) mass is 359 g/mol. The molecule has 2 heterocycles. The summed E-state index contributed by atoms with van der Waals surface area (Å²) in [6.45, 7) is 1.35. The molecule has 140 valence electrons. The molecule has 0 spiro atoms. The van der Waals surface area contributed by atoms with Gasteiger partial charge in [0.25, 0.3) is 0 Å². The molecule has 2 N–H and O–H groups in total. The minimum atomic E-state index is -1.22. The maximum Gasteiger partial charge on any atom is 0.222 e. The second kappa shape index (κ2) is 8.82. The van der Waals surface area contributed by atoms with Gasteiger partial charge in [-0.3, -0.25) is 9.89 Å². The summed E-state index contributed by atoms with van der Waals surface area (Å²) < 4.78 is 11.2. The Labute approximate surface area is 152 Å². The van der Waals surface area contributed by atoms with E-state index in [1.807, 2.05) is 36.5 Å². The Kier molecular flexibility index (Phi) is 6.25. The molecule has 7 heteroatoms. The topological polar surface area (TPSA) is 87.7 Å². The predicted molar refractivity (Wildman–Crippen MR) is 95.8 cm³/mol. The molecular weight excluding hydrogens is 334 g/mol. The van der Waals surface area contributed by atoms with E-state index in [1.165, 1.54) is 0 Å². The van der Waals surface area contributed by atoms with Crippen LogP contribution in [-0.2, 0) is 16.0 Å². The number of aliphatic hydroxyl groups is 1. The highest BCUT2D eigenvalue weighted by Gasteiger charge is 2.35. The Hall–Kier alpha value is -2.38. The standard InChI is InChI=1S/C19H25N3O4/c23-18(8-4-5-16-11-20-21-12-16)22-9-10-25-14-19(24,13-22)15-26-17-6-2-1-3-7-17/h1-3,6-7,11-12,24H,4-5,8-10,13-15H2,(H,20,21)/t19-/m1/s1. The van der Waals surface area contributed by atoms with Crippen LogP contribution in [0.1, 0.15) is 18.4 Å². The number of carbonyl (C=O) groups is 1. The van der Waals surface area contributed by atoms with Crippen molar-refractivity contribution >= 4 is 5.91 Å². The molecule has 0 saturated carbocycles. The highest BCUT2D eigenvalue weighted by atomic mass is 16.5. The molecule has 1 aromatic heterocycles. The van der Waals surface area contributed by atoms with Crippen molar-refractivity contribution in [1.82, 2.24) is 15.1 Å². The number of nitrogens with one attached hydrogen (secondary N) is 1. The quantitative estimate of drug-likeness (QED) is 0.780. The number of para-hydroxylation sites is 1. The van der Waals surface area contributed by atoms with Crippen LogP contribution < -0.4 is 4.74 Å². The number of H-pyrrole nitrogens is 1. The van der Waals surface area contributed by atoms with Gasteiger partial charge in [0.15, 0.2) is 0 Å². The molecule has 0 aliphatic carbocycles. The van der Waals surface area contributed by atoms with Crippen LogP contribution in [-0.4, -0.2) is 64.6 Å². The molecule has 1 saturated heterocycles. The third-order valence-corrected chi connectivity index (χ3v) is 4.38. The molecule has 1 aliphatic rings. The smallest absolute Gasteiger partial charge is 0.222 e. The van der Waals surface area contributed by atoms with E-state index in [-0.39, 0.29) is 25.7 Å². The number of aromatic nitrogens is 2. The van der Waals surface area contributed by atoms with E-state index in [2.05, 4.69) is 10.2 Å². The van der Waals surface area contributed by atoms with Crippen LogP contribution >= 0.6 is 0 Å². The van der Waals surface area contributed by atoms with Crippen molar-refractivity contribution in [2.75, 3.05) is 32.9 Å². The maximum atomic E-state index is 12.5. The molecule has 0 radical (unpaired) electrons. The molecule has 26 heavy (non-hydrogen) atoms. The highest BCUT2D eigenvalue weighted by Crippen LogP contribution is 2.17. The number of ether oxygens (including phenoxy) is 2. The third kappa shape index (κ3) is 5.31. The molecule has 1 amide bonds. The van der Waals surface area contributed by atoms with Crippen molar-refractivity contribution in [3.8, 4) is 5.75 Å². The molecule has 7 nitrogen and oxygen atoms in total. The summed E-state index contributed by atoms with van der Waals surface area (Å²) in [6.07, 6.45) is 5.58. The average Bonchev–Trinajstić information content (AvgIpc) is 3.09. The van der Waals surface area contributed by atoms with E-state index in [0.29, 0.717) is 25.3 Å². The van der Waals surface area contributed by atoms with Gasteiger partial charge in [-0.05, 0) is 30.5 Å². The van der Waals surface area contributed by atoms with E-state index in [1.54, 1.807) is 11.1 Å². The number of hydrogen-bond donors (Lipinski definition) is 2. The first-order valence-electron chi connectivity index (χ1n) is 8.88. The lowest BCUT2D eigenvalue weighted by Crippen LogP contribution is -2.50. The van der Waals surface area contributed by atoms with E-state index >= 15 is 0 Å². The van der Waals surface area contributed by atoms with E-state index in [9.17, 15) is 9.90 Å². The van der Waals surface area contributed by atoms with Crippen molar-refractivity contribution in [2.24, 2.45) is 0 Å². The molecule has 0 bridgehead atoms. The van der Waals surface area contributed by atoms with Crippen molar-refractivity contribution in [3.05, 3.63) is 48.3 Å². The van der Waals surface area contributed by atoms with Crippen LogP contribution in [0.2, 0.25) is 0 Å². The van der Waals surface area contributed by atoms with Crippen LogP contribution in [0.3, 0.4) is 0 Å². The zero-order chi connectivity index (χ0) is 18.2. The normalized spacial score (nSPS) is 20.6. The lowest BCUT2D eigenvalue weighted by Gasteiger charge is -2.30. The van der Waals surface area contributed by atoms with Crippen molar-refractivity contribution < 1.29 is 19.4 Å². The summed E-state index contributed by atoms with van der Waals surface area (Å²) >= 11 is 0. The molecular formula is C19H25N3O4. The number of amides is 1. The molecule has 2 aromatic rings. The Morgan fingerprint density at radius 1 is 1.38 bits per heavy atom. The fourth-order valence-corrected chi connectivity index (χ4v) is 2.97. The zero-order valence-electron chi connectivity index (χ0n) is 14.8. The Balaban J connectivity index is 1.51. The van der Waals surface area contributed by atoms with Gasteiger partial charge in [0.05, 0.1) is 26.0 Å². The summed E-state index contributed by atoms with van der Waals surface area (Å²) in [4.78, 5) is 14.2. The van der Waals surface area contributed by atoms with Crippen molar-refractivity contribution in [1.29, 1.82) is 0 Å². The fraction of sp³-hybridized carbons (Fsp3) is 0.474. The third-order valence-electron chi connectivity index (χ3n) is 4.38. The Bertz CT molecular complexity index is 677. The average molecular weight is 359 g/mol. The van der Waals surface area contributed by atoms with Gasteiger partial charge in [0.2, 0.25) is 5.91 Å². The summed E-state index contributed by atoms with van der Waals surface area (Å²) in [5, 5.41) is 17.5. The largest absolute Gasteiger partial charge is 0.490 e. The number of aryl methyl sites for hydroxylation is 1. The van der Waals surface area contributed by atoms with Crippen molar-refractivity contribution in [3.63, 3.8) is 0 Å². The van der Waals surface area contributed by atoms with Crippen LogP contribution in [0.4, 0.5) is 0 Å². The molecule has 0 unspecified atom stereocenters. The molecule has 3 rings (SSSR count). The van der Waals surface area contributed by atoms with Gasteiger partial charge in [-0.2, -0.15) is 5.10 Å². The second-order valence-electron chi connectivity index (χ2n) is 6.65. The summed E-state index contributed by atoms with van der Waals surface area (Å²) in [6, 6.07) is 9.32. The van der Waals surface area contributed by atoms with Crippen molar-refractivity contribution in [2.45, 2.75) is 24.9 Å². The van der Waals surface area contributed by atoms with Crippen LogP contribution in [0.25, 0.3) is 0 Å². The van der Waals surface area contributed by atoms with Gasteiger partial charge in [-0.15, -0.1) is 0 Å². The number of aromatic amines is 1. The summed E-state index contributed by atoms with van der Waals surface area (Å²) in [7, 11) is 0. The van der Waals surface area contributed by atoms with E-state index in [0.717, 1.165) is 18.4 Å². The van der Waals surface area contributed by atoms with Gasteiger partial charge < -0.3 is 19.5 Å². The minimum absolute atomic E-state index is 0.0251. The minimum Gasteiger partial charge on any atom is -0.490 e. The molecule has 1 fully saturated rings. The van der Waals surface area contributed by atoms with Crippen LogP contribution in [0.15, 0.2) is 42.7 Å². The van der Waals surface area contributed by atoms with Gasteiger partial charge in [-0.25, -0.2) is 0 Å². The first-order chi connectivity index (χ1) is 12.6. The number of nitrogens with zero attached hydrogens (tertiary/aromatic N) is 2. The Morgan fingerprint density at radius 3 is 3.00 bits per heavy atom. The number of carbonyl (C=O) groups excluding carboxylic acids is 1.